The zero-order chi connectivity index (χ0) is 10.8. The van der Waals surface area contributed by atoms with Crippen LogP contribution in [0.1, 0.15) is 36.7 Å². The van der Waals surface area contributed by atoms with Gasteiger partial charge in [-0.2, -0.15) is 0 Å². The first kappa shape index (κ1) is 11.3. The SMILES string of the molecule is CC(C)(C)c1ccccc1C(=O)[O][Al]. The molecule has 0 amide bonds. The summed E-state index contributed by atoms with van der Waals surface area (Å²) in [5.74, 6) is -0.305. The molecule has 72 valence electrons. The maximum Gasteiger partial charge on any atom is 0.485 e. The van der Waals surface area contributed by atoms with Gasteiger partial charge in [0.25, 0.3) is 0 Å². The van der Waals surface area contributed by atoms with Gasteiger partial charge in [0.1, 0.15) is 0 Å². The molecule has 0 bridgehead atoms. The van der Waals surface area contributed by atoms with Gasteiger partial charge in [0, 0.05) is 0 Å². The van der Waals surface area contributed by atoms with Crippen molar-refractivity contribution in [2.24, 2.45) is 0 Å². The lowest BCUT2D eigenvalue weighted by atomic mass is 9.84. The van der Waals surface area contributed by atoms with E-state index in [-0.39, 0.29) is 11.4 Å². The quantitative estimate of drug-likeness (QED) is 0.655. The Morgan fingerprint density at radius 1 is 1.29 bits per heavy atom. The van der Waals surface area contributed by atoms with Crippen LogP contribution in [0.5, 0.6) is 0 Å². The zero-order valence-electron chi connectivity index (χ0n) is 8.70. The molecule has 2 nitrogen and oxygen atoms in total. The fraction of sp³-hybridized carbons (Fsp3) is 0.364. The number of carbonyl (C=O) groups excluding carboxylic acids is 1. The molecule has 0 fully saturated rings. The third kappa shape index (κ3) is 2.37. The molecule has 0 unspecified atom stereocenters. The van der Waals surface area contributed by atoms with Crippen LogP contribution in [0.2, 0.25) is 0 Å². The molecule has 0 aliphatic heterocycles. The largest absolute Gasteiger partial charge is 0.625 e. The van der Waals surface area contributed by atoms with Crippen molar-refractivity contribution in [2.45, 2.75) is 26.2 Å². The van der Waals surface area contributed by atoms with Gasteiger partial charge in [0.2, 0.25) is 0 Å². The van der Waals surface area contributed by atoms with E-state index in [1.54, 1.807) is 6.07 Å². The third-order valence-corrected chi connectivity index (χ3v) is 2.28. The highest BCUT2D eigenvalue weighted by Gasteiger charge is 2.20. The van der Waals surface area contributed by atoms with Gasteiger partial charge in [0.15, 0.2) is 0 Å². The van der Waals surface area contributed by atoms with E-state index in [9.17, 15) is 4.79 Å². The van der Waals surface area contributed by atoms with Crippen LogP contribution in [0.15, 0.2) is 24.3 Å². The summed E-state index contributed by atoms with van der Waals surface area (Å²) in [5, 5.41) is 0. The maximum absolute atomic E-state index is 11.4. The van der Waals surface area contributed by atoms with Crippen molar-refractivity contribution < 1.29 is 8.58 Å². The zero-order valence-corrected chi connectivity index (χ0v) is 9.86. The molecule has 14 heavy (non-hydrogen) atoms. The molecule has 0 spiro atoms. The first-order valence-electron chi connectivity index (χ1n) is 4.47. The Morgan fingerprint density at radius 3 is 2.36 bits per heavy atom. The van der Waals surface area contributed by atoms with E-state index in [1.165, 1.54) is 0 Å². The van der Waals surface area contributed by atoms with Crippen LogP contribution in [0, 0.1) is 0 Å². The summed E-state index contributed by atoms with van der Waals surface area (Å²) in [4.78, 5) is 11.4. The van der Waals surface area contributed by atoms with Crippen LogP contribution < -0.4 is 0 Å². The molecule has 0 aliphatic carbocycles. The Balaban J connectivity index is 3.23. The minimum atomic E-state index is -0.305. The number of hydrogen-bond acceptors (Lipinski definition) is 2. The molecule has 1 aromatic carbocycles. The van der Waals surface area contributed by atoms with Crippen molar-refractivity contribution in [3.05, 3.63) is 35.4 Å². The van der Waals surface area contributed by atoms with Crippen LogP contribution in [-0.4, -0.2) is 22.6 Å². The molecule has 2 radical (unpaired) electrons. The maximum atomic E-state index is 11.4. The average Bonchev–Trinajstić information content (AvgIpc) is 2.15. The minimum Gasteiger partial charge on any atom is -0.625 e. The van der Waals surface area contributed by atoms with Crippen molar-refractivity contribution in [1.29, 1.82) is 0 Å². The summed E-state index contributed by atoms with van der Waals surface area (Å²) in [6.07, 6.45) is 0. The number of hydrogen-bond donors (Lipinski definition) is 0. The highest BCUT2D eigenvalue weighted by Crippen LogP contribution is 2.25. The number of carbonyl (C=O) groups is 1. The van der Waals surface area contributed by atoms with Crippen molar-refractivity contribution in [1.82, 2.24) is 0 Å². The summed E-state index contributed by atoms with van der Waals surface area (Å²) >= 11 is 1.98. The first-order chi connectivity index (χ1) is 6.46. The summed E-state index contributed by atoms with van der Waals surface area (Å²) in [7, 11) is 0. The highest BCUT2D eigenvalue weighted by molar-refractivity contribution is 6.09. The van der Waals surface area contributed by atoms with E-state index in [1.807, 2.05) is 34.8 Å². The van der Waals surface area contributed by atoms with Gasteiger partial charge in [-0.05, 0) is 17.0 Å². The minimum absolute atomic E-state index is 0.0462. The second-order valence-corrected chi connectivity index (χ2v) is 4.44. The lowest BCUT2D eigenvalue weighted by Gasteiger charge is -2.21. The standard InChI is InChI=1S/C11H14O2.Al/c1-11(2,3)9-7-5-4-6-8(9)10(12)13;/h4-7H,1-3H3,(H,12,13);/q;+1/p-1. The summed E-state index contributed by atoms with van der Waals surface area (Å²) < 4.78 is 4.65. The predicted molar refractivity (Wildman–Crippen MR) is 56.3 cm³/mol. The molecule has 0 saturated heterocycles. The molecule has 0 saturated carbocycles. The lowest BCUT2D eigenvalue weighted by Crippen LogP contribution is -2.17. The monoisotopic (exact) mass is 204 g/mol. The van der Waals surface area contributed by atoms with E-state index in [0.29, 0.717) is 5.56 Å². The topological polar surface area (TPSA) is 26.3 Å². The molecule has 0 atom stereocenters. The van der Waals surface area contributed by atoms with Crippen LogP contribution in [0.4, 0.5) is 0 Å². The van der Waals surface area contributed by atoms with Crippen molar-refractivity contribution in [3.63, 3.8) is 0 Å². The second kappa shape index (κ2) is 4.17. The van der Waals surface area contributed by atoms with E-state index in [2.05, 4.69) is 24.6 Å². The molecule has 0 aromatic heterocycles. The fourth-order valence-corrected chi connectivity index (χ4v) is 1.51. The van der Waals surface area contributed by atoms with Gasteiger partial charge in [-0.25, -0.2) is 4.79 Å². The van der Waals surface area contributed by atoms with E-state index in [4.69, 9.17) is 0 Å². The second-order valence-electron chi connectivity index (χ2n) is 4.20. The molecular formula is C11H13AlO2. The van der Waals surface area contributed by atoms with Crippen molar-refractivity contribution >= 4 is 22.6 Å². The Bertz CT molecular complexity index is 339. The van der Waals surface area contributed by atoms with Crippen LogP contribution in [0.3, 0.4) is 0 Å². The van der Waals surface area contributed by atoms with Crippen LogP contribution in [-0.2, 0) is 9.20 Å². The van der Waals surface area contributed by atoms with Crippen LogP contribution in [0.25, 0.3) is 0 Å². The molecule has 0 aliphatic rings. The highest BCUT2D eigenvalue weighted by atomic mass is 27.1. The van der Waals surface area contributed by atoms with E-state index in [0.717, 1.165) is 5.56 Å². The van der Waals surface area contributed by atoms with E-state index < -0.39 is 0 Å². The van der Waals surface area contributed by atoms with Gasteiger partial charge in [0.05, 0.1) is 5.56 Å². The Labute approximate surface area is 93.0 Å². The van der Waals surface area contributed by atoms with Gasteiger partial charge < -0.3 is 3.79 Å². The fourth-order valence-electron chi connectivity index (χ4n) is 1.38. The van der Waals surface area contributed by atoms with Gasteiger partial charge in [-0.1, -0.05) is 39.0 Å². The number of rotatable bonds is 1. The lowest BCUT2D eigenvalue weighted by molar-refractivity contribution is 0.0747. The Kier molecular flexibility index (Phi) is 3.36. The molecule has 1 aromatic rings. The smallest absolute Gasteiger partial charge is 0.485 e. The molecule has 3 heteroatoms. The predicted octanol–water partition coefficient (Wildman–Crippen LogP) is 2.22. The van der Waals surface area contributed by atoms with Crippen molar-refractivity contribution in [2.75, 3.05) is 0 Å². The Hall–Kier alpha value is -0.778. The molecule has 0 heterocycles. The number of benzene rings is 1. The molecular weight excluding hydrogens is 191 g/mol. The molecule has 1 rings (SSSR count). The Morgan fingerprint density at radius 2 is 1.86 bits per heavy atom. The van der Waals surface area contributed by atoms with E-state index >= 15 is 0 Å². The first-order valence-corrected chi connectivity index (χ1v) is 4.94. The van der Waals surface area contributed by atoms with Gasteiger partial charge >= 0.3 is 22.6 Å². The van der Waals surface area contributed by atoms with Gasteiger partial charge in [-0.3, -0.25) is 0 Å². The normalized spacial score (nSPS) is 11.1. The summed E-state index contributed by atoms with van der Waals surface area (Å²) in [6, 6.07) is 7.51. The van der Waals surface area contributed by atoms with Gasteiger partial charge in [-0.15, -0.1) is 0 Å². The summed E-state index contributed by atoms with van der Waals surface area (Å²) in [5.41, 5.74) is 1.59. The average molecular weight is 204 g/mol. The van der Waals surface area contributed by atoms with Crippen molar-refractivity contribution in [3.8, 4) is 0 Å². The summed E-state index contributed by atoms with van der Waals surface area (Å²) in [6.45, 7) is 6.21. The third-order valence-electron chi connectivity index (χ3n) is 2.06. The van der Waals surface area contributed by atoms with Crippen LogP contribution >= 0.6 is 0 Å². The molecule has 0 N–H and O–H groups in total.